The zero-order valence-corrected chi connectivity index (χ0v) is 26.3. The van der Waals surface area contributed by atoms with Crippen molar-refractivity contribution in [2.75, 3.05) is 65.5 Å². The lowest BCUT2D eigenvalue weighted by Crippen LogP contribution is -2.59. The summed E-state index contributed by atoms with van der Waals surface area (Å²) in [6.07, 6.45) is 9.09. The van der Waals surface area contributed by atoms with Gasteiger partial charge in [0.05, 0.1) is 12.0 Å². The first-order chi connectivity index (χ1) is 21.3. The van der Waals surface area contributed by atoms with E-state index in [1.54, 1.807) is 29.2 Å². The number of fused-ring (bicyclic) bond motifs is 1. The van der Waals surface area contributed by atoms with Gasteiger partial charge < -0.3 is 34.2 Å². The second-order valence-corrected chi connectivity index (χ2v) is 13.1. The minimum atomic E-state index is -1.14. The Morgan fingerprint density at radius 2 is 1.84 bits per heavy atom. The highest BCUT2D eigenvalue weighted by molar-refractivity contribution is 7.14. The molecule has 10 nitrogen and oxygen atoms in total. The number of hydrogen-bond donors (Lipinski definition) is 1. The molecular formula is C32H40FN5O5S. The lowest BCUT2D eigenvalue weighted by Gasteiger charge is -2.38. The molecule has 6 rings (SSSR count). The number of rotatable bonds is 8. The van der Waals surface area contributed by atoms with Crippen LogP contribution in [0.5, 0.6) is 0 Å². The highest BCUT2D eigenvalue weighted by Crippen LogP contribution is 2.42. The predicted octanol–water partition coefficient (Wildman–Crippen LogP) is 2.84. The summed E-state index contributed by atoms with van der Waals surface area (Å²) < 4.78 is 32.5. The number of nitrogens with one attached hydrogen (secondary N) is 1. The number of piperazine rings is 1. The van der Waals surface area contributed by atoms with E-state index in [0.29, 0.717) is 22.8 Å². The van der Waals surface area contributed by atoms with Crippen molar-refractivity contribution >= 4 is 28.3 Å². The van der Waals surface area contributed by atoms with E-state index >= 15 is 0 Å². The van der Waals surface area contributed by atoms with E-state index in [9.17, 15) is 14.0 Å². The van der Waals surface area contributed by atoms with E-state index in [4.69, 9.17) is 20.6 Å². The molecule has 1 saturated carbocycles. The largest absolute Gasteiger partial charge is 0.369 e. The molecule has 4 heterocycles. The molecule has 3 saturated heterocycles. The Balaban J connectivity index is 1.20. The normalized spacial score (nSPS) is 26.0. The average molecular weight is 626 g/mol. The molecule has 236 valence electrons. The van der Waals surface area contributed by atoms with Crippen molar-refractivity contribution in [3.63, 3.8) is 0 Å². The number of benzene rings is 1. The third-order valence-corrected chi connectivity index (χ3v) is 10.7. The van der Waals surface area contributed by atoms with Crippen molar-refractivity contribution in [3.8, 4) is 23.6 Å². The maximum Gasteiger partial charge on any atom is 0.251 e. The Bertz CT molecular complexity index is 1390. The Labute approximate surface area is 261 Å². The lowest BCUT2D eigenvalue weighted by atomic mass is 9.95. The number of thiazole rings is 1. The number of terminal acetylenes is 1. The average Bonchev–Trinajstić information content (AvgIpc) is 3.85. The number of hydrogen-bond acceptors (Lipinski definition) is 9. The van der Waals surface area contributed by atoms with Crippen LogP contribution in [0.25, 0.3) is 11.3 Å². The quantitative estimate of drug-likeness (QED) is 0.354. The van der Waals surface area contributed by atoms with Crippen molar-refractivity contribution in [1.82, 2.24) is 20.1 Å². The van der Waals surface area contributed by atoms with Gasteiger partial charge in [-0.3, -0.25) is 9.59 Å². The van der Waals surface area contributed by atoms with Crippen LogP contribution in [0, 0.1) is 29.3 Å². The van der Waals surface area contributed by atoms with Crippen LogP contribution in [0.2, 0.25) is 0 Å². The van der Waals surface area contributed by atoms with E-state index in [1.807, 2.05) is 0 Å². The number of likely N-dealkylation sites (tertiary alicyclic amines) is 1. The van der Waals surface area contributed by atoms with Gasteiger partial charge in [-0.15, -0.1) is 6.42 Å². The molecule has 4 fully saturated rings. The van der Waals surface area contributed by atoms with Crippen LogP contribution in [-0.2, 0) is 19.0 Å². The van der Waals surface area contributed by atoms with Crippen LogP contribution in [0.1, 0.15) is 36.0 Å². The summed E-state index contributed by atoms with van der Waals surface area (Å²) in [5, 5.41) is 3.36. The monoisotopic (exact) mass is 625 g/mol. The molecule has 1 aromatic heterocycles. The highest BCUT2D eigenvalue weighted by Gasteiger charge is 2.62. The first-order valence-electron chi connectivity index (χ1n) is 15.3. The number of ether oxygens (including phenoxy) is 3. The predicted molar refractivity (Wildman–Crippen MR) is 165 cm³/mol. The second kappa shape index (κ2) is 12.7. The summed E-state index contributed by atoms with van der Waals surface area (Å²) in [5.74, 6) is 0.741. The molecule has 4 atom stereocenters. The summed E-state index contributed by atoms with van der Waals surface area (Å²) in [5.41, 5.74) is 1.26. The van der Waals surface area contributed by atoms with E-state index < -0.39 is 24.0 Å². The molecule has 2 amide bonds. The Kier molecular flexibility index (Phi) is 8.95. The third kappa shape index (κ3) is 5.61. The number of anilines is 1. The van der Waals surface area contributed by atoms with E-state index in [-0.39, 0.29) is 41.1 Å². The van der Waals surface area contributed by atoms with Gasteiger partial charge in [0.15, 0.2) is 5.13 Å². The molecule has 12 heteroatoms. The standard InChI is InChI=1S/C32H40FN5O5S/c1-5-20-18-38(27-26(20)43-19-32(27,41-3)42-4)30(40)25(21-8-6-7-9-21)34-29(39)23-12-10-22(11-13-23)24-28(33)44-31(35-24)37-16-14-36(2)15-17-37/h1,10-13,20-21,25-27H,6-9,14-19H2,2-4H3,(H,34,39). The number of carbonyl (C=O) groups is 2. The zero-order chi connectivity index (χ0) is 31.0. The van der Waals surface area contributed by atoms with Gasteiger partial charge in [-0.2, -0.15) is 4.39 Å². The van der Waals surface area contributed by atoms with Gasteiger partial charge in [-0.25, -0.2) is 4.98 Å². The van der Waals surface area contributed by atoms with Crippen LogP contribution in [0.4, 0.5) is 9.52 Å². The minimum absolute atomic E-state index is 0.00651. The van der Waals surface area contributed by atoms with Gasteiger partial charge in [0.25, 0.3) is 5.91 Å². The van der Waals surface area contributed by atoms with Crippen molar-refractivity contribution in [2.45, 2.75) is 49.7 Å². The van der Waals surface area contributed by atoms with E-state index in [2.05, 4.69) is 33.1 Å². The number of nitrogens with zero attached hydrogens (tertiary/aromatic N) is 4. The molecule has 1 aromatic carbocycles. The number of halogens is 1. The topological polar surface area (TPSA) is 96.5 Å². The van der Waals surface area contributed by atoms with Gasteiger partial charge in [0.2, 0.25) is 16.8 Å². The van der Waals surface area contributed by atoms with Crippen LogP contribution < -0.4 is 10.2 Å². The fraction of sp³-hybridized carbons (Fsp3) is 0.594. The van der Waals surface area contributed by atoms with Gasteiger partial charge in [-0.05, 0) is 37.9 Å². The van der Waals surface area contributed by atoms with Gasteiger partial charge >= 0.3 is 0 Å². The van der Waals surface area contributed by atoms with Crippen LogP contribution in [0.3, 0.4) is 0 Å². The summed E-state index contributed by atoms with van der Waals surface area (Å²) >= 11 is 1.05. The Morgan fingerprint density at radius 1 is 1.16 bits per heavy atom. The molecule has 44 heavy (non-hydrogen) atoms. The van der Waals surface area contributed by atoms with Gasteiger partial charge in [0.1, 0.15) is 24.4 Å². The molecule has 1 N–H and O–H groups in total. The zero-order valence-electron chi connectivity index (χ0n) is 25.5. The van der Waals surface area contributed by atoms with Crippen molar-refractivity contribution in [1.29, 1.82) is 0 Å². The van der Waals surface area contributed by atoms with Crippen molar-refractivity contribution in [3.05, 3.63) is 35.0 Å². The molecule has 2 aromatic rings. The molecule has 0 bridgehead atoms. The summed E-state index contributed by atoms with van der Waals surface area (Å²) in [6.45, 7) is 3.86. The summed E-state index contributed by atoms with van der Waals surface area (Å²) in [4.78, 5) is 38.5. The lowest BCUT2D eigenvalue weighted by molar-refractivity contribution is -0.227. The number of methoxy groups -OCH3 is 2. The second-order valence-electron chi connectivity index (χ2n) is 12.2. The summed E-state index contributed by atoms with van der Waals surface area (Å²) in [7, 11) is 5.14. The van der Waals surface area contributed by atoms with E-state index in [1.165, 1.54) is 14.2 Å². The van der Waals surface area contributed by atoms with E-state index in [0.717, 1.165) is 63.2 Å². The fourth-order valence-corrected chi connectivity index (χ4v) is 7.96. The minimum Gasteiger partial charge on any atom is -0.369 e. The Morgan fingerprint density at radius 3 is 2.48 bits per heavy atom. The summed E-state index contributed by atoms with van der Waals surface area (Å²) in [6, 6.07) is 5.45. The number of carbonyl (C=O) groups excluding carboxylic acids is 2. The van der Waals surface area contributed by atoms with Crippen LogP contribution in [0.15, 0.2) is 24.3 Å². The maximum atomic E-state index is 15.0. The molecule has 4 aliphatic rings. The van der Waals surface area contributed by atoms with Crippen LogP contribution in [-0.4, -0.2) is 111 Å². The number of likely N-dealkylation sites (N-methyl/N-ethyl adjacent to an activating group) is 1. The Hall–Kier alpha value is -3.08. The number of amides is 2. The highest BCUT2D eigenvalue weighted by atomic mass is 32.1. The first-order valence-corrected chi connectivity index (χ1v) is 16.1. The molecule has 3 aliphatic heterocycles. The smallest absolute Gasteiger partial charge is 0.251 e. The molecule has 1 aliphatic carbocycles. The SMILES string of the molecule is C#CC1CN(C(=O)C(NC(=O)c2ccc(-c3nc(N4CCN(C)CC4)sc3F)cc2)C2CCCC2)C2C1OCC2(OC)OC. The van der Waals surface area contributed by atoms with Crippen LogP contribution >= 0.6 is 11.3 Å². The van der Waals surface area contributed by atoms with Gasteiger partial charge in [-0.1, -0.05) is 42.2 Å². The molecule has 4 unspecified atom stereocenters. The number of aromatic nitrogens is 1. The van der Waals surface area contributed by atoms with Crippen molar-refractivity contribution in [2.24, 2.45) is 11.8 Å². The maximum absolute atomic E-state index is 15.0. The van der Waals surface area contributed by atoms with Crippen molar-refractivity contribution < 1.29 is 28.2 Å². The molecule has 0 spiro atoms. The van der Waals surface area contributed by atoms with Gasteiger partial charge in [0, 0.05) is 58.1 Å². The molecular weight excluding hydrogens is 585 g/mol. The molecule has 0 radical (unpaired) electrons. The fourth-order valence-electron chi connectivity index (χ4n) is 7.09. The third-order valence-electron chi connectivity index (χ3n) is 9.75. The first kappa shape index (κ1) is 30.9.